The van der Waals surface area contributed by atoms with Crippen molar-refractivity contribution in [1.82, 2.24) is 15.8 Å². The number of rotatable bonds is 3. The number of amides is 1. The minimum Gasteiger partial charge on any atom is -0.465 e. The zero-order valence-electron chi connectivity index (χ0n) is 14.6. The van der Waals surface area contributed by atoms with E-state index in [0.717, 1.165) is 17.1 Å². The van der Waals surface area contributed by atoms with Crippen LogP contribution in [0.5, 0.6) is 0 Å². The molecule has 0 bridgehead atoms. The van der Waals surface area contributed by atoms with Gasteiger partial charge in [-0.15, -0.1) is 0 Å². The van der Waals surface area contributed by atoms with Crippen LogP contribution in [0.2, 0.25) is 0 Å². The number of benzene rings is 1. The summed E-state index contributed by atoms with van der Waals surface area (Å²) in [5, 5.41) is 0. The van der Waals surface area contributed by atoms with E-state index in [4.69, 9.17) is 9.15 Å². The van der Waals surface area contributed by atoms with Crippen LogP contribution in [0.4, 0.5) is 4.39 Å². The number of hydrazine groups is 1. The number of furan rings is 1. The molecule has 2 saturated heterocycles. The highest BCUT2D eigenvalue weighted by Crippen LogP contribution is 2.27. The largest absolute Gasteiger partial charge is 0.465 e. The number of carbonyl (C=O) groups excluding carboxylic acids is 1. The van der Waals surface area contributed by atoms with Gasteiger partial charge in [-0.3, -0.25) is 4.79 Å². The zero-order valence-corrected chi connectivity index (χ0v) is 14.6. The smallest absolute Gasteiger partial charge is 0.241 e. The second kappa shape index (κ2) is 7.19. The Kier molecular flexibility index (Phi) is 4.76. The molecule has 1 amide bonds. The molecule has 0 saturated carbocycles. The topological polar surface area (TPSA) is 66.7 Å². The van der Waals surface area contributed by atoms with Gasteiger partial charge in [-0.2, -0.15) is 0 Å². The molecule has 2 N–H and O–H groups in total. The highest BCUT2D eigenvalue weighted by molar-refractivity contribution is 5.82. The van der Waals surface area contributed by atoms with Gasteiger partial charge in [0, 0.05) is 6.54 Å². The number of halogens is 1. The van der Waals surface area contributed by atoms with Gasteiger partial charge < -0.3 is 14.1 Å². The van der Waals surface area contributed by atoms with E-state index in [1.54, 1.807) is 12.1 Å². The molecule has 6 nitrogen and oxygen atoms in total. The average molecular weight is 359 g/mol. The Hall–Kier alpha value is -2.22. The number of ether oxygens (including phenoxy) is 1. The van der Waals surface area contributed by atoms with E-state index >= 15 is 0 Å². The Labute approximate surface area is 151 Å². The quantitative estimate of drug-likeness (QED) is 0.880. The molecule has 1 aromatic heterocycles. The third kappa shape index (κ3) is 3.51. The summed E-state index contributed by atoms with van der Waals surface area (Å²) in [5.41, 5.74) is 7.10. The van der Waals surface area contributed by atoms with Crippen molar-refractivity contribution in [2.75, 3.05) is 19.7 Å². The van der Waals surface area contributed by atoms with Crippen LogP contribution in [0, 0.1) is 12.7 Å². The number of hydrogen-bond acceptors (Lipinski definition) is 5. The third-order valence-corrected chi connectivity index (χ3v) is 4.93. The number of nitrogens with zero attached hydrogens (tertiary/aromatic N) is 1. The fraction of sp³-hybridized carbons (Fsp3) is 0.421. The minimum atomic E-state index is -0.308. The molecule has 3 unspecified atom stereocenters. The Balaban J connectivity index is 1.39. The van der Waals surface area contributed by atoms with E-state index in [-0.39, 0.29) is 29.9 Å². The predicted molar refractivity (Wildman–Crippen MR) is 92.5 cm³/mol. The van der Waals surface area contributed by atoms with Crippen molar-refractivity contribution in [1.29, 1.82) is 0 Å². The fourth-order valence-electron chi connectivity index (χ4n) is 3.49. The van der Waals surface area contributed by atoms with Gasteiger partial charge in [0.2, 0.25) is 5.91 Å². The van der Waals surface area contributed by atoms with Crippen LogP contribution in [-0.4, -0.2) is 36.5 Å². The molecule has 138 valence electrons. The molecule has 0 aliphatic carbocycles. The van der Waals surface area contributed by atoms with Crippen molar-refractivity contribution in [2.45, 2.75) is 31.5 Å². The SMILES string of the molecule is Cc1ccc(C2CC(C(=O)N3CCOC(c4ccc(F)cc4)C3)NN2)o1. The molecule has 4 rings (SSSR count). The van der Waals surface area contributed by atoms with E-state index < -0.39 is 0 Å². The predicted octanol–water partition coefficient (Wildman–Crippen LogP) is 2.23. The lowest BCUT2D eigenvalue weighted by Gasteiger charge is -2.34. The summed E-state index contributed by atoms with van der Waals surface area (Å²) < 4.78 is 24.5. The molecule has 3 atom stereocenters. The van der Waals surface area contributed by atoms with Gasteiger partial charge in [-0.1, -0.05) is 12.1 Å². The van der Waals surface area contributed by atoms with Crippen molar-refractivity contribution >= 4 is 5.91 Å². The Morgan fingerprint density at radius 2 is 2.00 bits per heavy atom. The monoisotopic (exact) mass is 359 g/mol. The summed E-state index contributed by atoms with van der Waals surface area (Å²) in [6.45, 7) is 3.39. The zero-order chi connectivity index (χ0) is 18.1. The molecule has 1 aromatic carbocycles. The molecule has 0 spiro atoms. The number of nitrogens with one attached hydrogen (secondary N) is 2. The molecule has 7 heteroatoms. The summed E-state index contributed by atoms with van der Waals surface area (Å²) >= 11 is 0. The average Bonchev–Trinajstić information content (AvgIpc) is 3.31. The molecule has 26 heavy (non-hydrogen) atoms. The van der Waals surface area contributed by atoms with E-state index in [1.165, 1.54) is 12.1 Å². The molecule has 0 radical (unpaired) electrons. The summed E-state index contributed by atoms with van der Waals surface area (Å²) in [7, 11) is 0. The van der Waals surface area contributed by atoms with E-state index in [0.29, 0.717) is 26.1 Å². The first-order chi connectivity index (χ1) is 12.6. The molecule has 2 aromatic rings. The van der Waals surface area contributed by atoms with Gasteiger partial charge in [0.15, 0.2) is 0 Å². The van der Waals surface area contributed by atoms with Crippen LogP contribution in [-0.2, 0) is 9.53 Å². The Morgan fingerprint density at radius 1 is 1.19 bits per heavy atom. The summed E-state index contributed by atoms with van der Waals surface area (Å²) in [6, 6.07) is 9.76. The number of morpholine rings is 1. The highest BCUT2D eigenvalue weighted by Gasteiger charge is 2.36. The van der Waals surface area contributed by atoms with E-state index in [1.807, 2.05) is 24.0 Å². The van der Waals surface area contributed by atoms with Crippen LogP contribution < -0.4 is 10.9 Å². The van der Waals surface area contributed by atoms with Crippen molar-refractivity contribution in [3.63, 3.8) is 0 Å². The maximum absolute atomic E-state index is 13.1. The van der Waals surface area contributed by atoms with Crippen LogP contribution in [0.25, 0.3) is 0 Å². The first-order valence-corrected chi connectivity index (χ1v) is 8.83. The Morgan fingerprint density at radius 3 is 2.73 bits per heavy atom. The molecule has 3 heterocycles. The van der Waals surface area contributed by atoms with Gasteiger partial charge >= 0.3 is 0 Å². The lowest BCUT2D eigenvalue weighted by molar-refractivity contribution is -0.141. The third-order valence-electron chi connectivity index (χ3n) is 4.93. The van der Waals surface area contributed by atoms with Gasteiger partial charge in [0.25, 0.3) is 0 Å². The van der Waals surface area contributed by atoms with Gasteiger partial charge in [0.05, 0.1) is 19.2 Å². The van der Waals surface area contributed by atoms with Gasteiger partial charge in [-0.25, -0.2) is 15.2 Å². The lowest BCUT2D eigenvalue weighted by Crippen LogP contribution is -2.50. The van der Waals surface area contributed by atoms with Crippen LogP contribution in [0.15, 0.2) is 40.8 Å². The standard InChI is InChI=1S/C19H22FN3O3/c1-12-2-7-17(26-12)15-10-16(22-21-15)19(24)23-8-9-25-18(11-23)13-3-5-14(20)6-4-13/h2-7,15-16,18,21-22H,8-11H2,1H3. The molecule has 2 aliphatic heterocycles. The number of carbonyl (C=O) groups is 1. The lowest BCUT2D eigenvalue weighted by atomic mass is 10.0. The van der Waals surface area contributed by atoms with Crippen molar-refractivity contribution < 1.29 is 18.3 Å². The summed E-state index contributed by atoms with van der Waals surface area (Å²) in [5.74, 6) is 1.44. The van der Waals surface area contributed by atoms with Crippen LogP contribution in [0.3, 0.4) is 0 Å². The second-order valence-electron chi connectivity index (χ2n) is 6.77. The van der Waals surface area contributed by atoms with E-state index in [9.17, 15) is 9.18 Å². The normalized spacial score (nSPS) is 26.2. The number of aryl methyl sites for hydroxylation is 1. The number of hydrogen-bond donors (Lipinski definition) is 2. The molecular weight excluding hydrogens is 337 g/mol. The molecular formula is C19H22FN3O3. The summed E-state index contributed by atoms with van der Waals surface area (Å²) in [4.78, 5) is 14.7. The van der Waals surface area contributed by atoms with Gasteiger partial charge in [0.1, 0.15) is 29.5 Å². The second-order valence-corrected chi connectivity index (χ2v) is 6.77. The van der Waals surface area contributed by atoms with Gasteiger partial charge in [-0.05, 0) is 43.2 Å². The van der Waals surface area contributed by atoms with Crippen molar-refractivity contribution in [3.8, 4) is 0 Å². The molecule has 2 aliphatic rings. The first kappa shape index (κ1) is 17.2. The summed E-state index contributed by atoms with van der Waals surface area (Å²) in [6.07, 6.45) is 0.399. The Bertz CT molecular complexity index is 777. The fourth-order valence-corrected chi connectivity index (χ4v) is 3.49. The maximum Gasteiger partial charge on any atom is 0.241 e. The molecule has 2 fully saturated rings. The van der Waals surface area contributed by atoms with E-state index in [2.05, 4.69) is 10.9 Å². The van der Waals surface area contributed by atoms with Crippen molar-refractivity contribution in [2.24, 2.45) is 0 Å². The van der Waals surface area contributed by atoms with Crippen LogP contribution in [0.1, 0.15) is 35.7 Å². The minimum absolute atomic E-state index is 0.0217. The first-order valence-electron chi connectivity index (χ1n) is 8.83. The van der Waals surface area contributed by atoms with Crippen molar-refractivity contribution in [3.05, 3.63) is 59.3 Å². The highest BCUT2D eigenvalue weighted by atomic mass is 19.1. The maximum atomic E-state index is 13.1. The van der Waals surface area contributed by atoms with Crippen LogP contribution >= 0.6 is 0 Å².